The average molecular weight is 520 g/mol. The van der Waals surface area contributed by atoms with E-state index < -0.39 is 17.7 Å². The number of carbonyl (C=O) groups excluding carboxylic acids is 2. The first-order chi connectivity index (χ1) is 19.0. The Bertz CT molecular complexity index is 1510. The minimum absolute atomic E-state index is 0.0393. The van der Waals surface area contributed by atoms with E-state index in [-0.39, 0.29) is 11.3 Å². The Kier molecular flexibility index (Phi) is 7.46. The number of hydrogen-bond donors (Lipinski definition) is 1. The third-order valence-corrected chi connectivity index (χ3v) is 6.67. The van der Waals surface area contributed by atoms with Crippen LogP contribution in [0.25, 0.3) is 5.76 Å². The summed E-state index contributed by atoms with van der Waals surface area (Å²) >= 11 is 0. The van der Waals surface area contributed by atoms with Gasteiger partial charge in [-0.3, -0.25) is 14.5 Å². The maximum absolute atomic E-state index is 13.4. The quantitative estimate of drug-likeness (QED) is 0.161. The zero-order chi connectivity index (χ0) is 27.4. The third kappa shape index (κ3) is 5.27. The number of ether oxygens (including phenoxy) is 2. The smallest absolute Gasteiger partial charge is 0.300 e. The molecule has 6 nitrogen and oxygen atoms in total. The first-order valence-electron chi connectivity index (χ1n) is 12.8. The van der Waals surface area contributed by atoms with E-state index in [9.17, 15) is 14.7 Å². The number of anilines is 1. The van der Waals surface area contributed by atoms with Crippen molar-refractivity contribution in [3.05, 3.63) is 131 Å². The normalized spacial score (nSPS) is 16.4. The van der Waals surface area contributed by atoms with Crippen LogP contribution in [0.15, 0.2) is 109 Å². The molecule has 0 radical (unpaired) electrons. The highest BCUT2D eigenvalue weighted by Crippen LogP contribution is 2.42. The molecule has 1 atom stereocenters. The van der Waals surface area contributed by atoms with E-state index >= 15 is 0 Å². The number of nitrogens with zero attached hydrogens (tertiary/aromatic N) is 1. The number of Topliss-reactive ketones (excluding diaryl/α,β-unsaturated/α-hetero) is 1. The van der Waals surface area contributed by atoms with Gasteiger partial charge in [0.1, 0.15) is 23.9 Å². The van der Waals surface area contributed by atoms with Gasteiger partial charge in [-0.05, 0) is 73.0 Å². The Morgan fingerprint density at radius 3 is 2.15 bits per heavy atom. The topological polar surface area (TPSA) is 76.1 Å². The van der Waals surface area contributed by atoms with Gasteiger partial charge in [-0.15, -0.1) is 0 Å². The monoisotopic (exact) mass is 519 g/mol. The molecular weight excluding hydrogens is 490 g/mol. The minimum Gasteiger partial charge on any atom is -0.507 e. The van der Waals surface area contributed by atoms with Crippen molar-refractivity contribution in [3.8, 4) is 11.5 Å². The summed E-state index contributed by atoms with van der Waals surface area (Å²) in [5.41, 5.74) is 3.57. The molecule has 1 aliphatic heterocycles. The molecule has 0 spiro atoms. The lowest BCUT2D eigenvalue weighted by Gasteiger charge is -2.25. The first-order valence-corrected chi connectivity index (χ1v) is 12.8. The number of aliphatic hydroxyl groups excluding tert-OH is 1. The van der Waals surface area contributed by atoms with E-state index in [4.69, 9.17) is 9.47 Å². The summed E-state index contributed by atoms with van der Waals surface area (Å²) in [5, 5.41) is 11.5. The molecule has 0 bridgehead atoms. The molecule has 1 heterocycles. The van der Waals surface area contributed by atoms with Crippen molar-refractivity contribution in [2.45, 2.75) is 26.5 Å². The lowest BCUT2D eigenvalue weighted by Crippen LogP contribution is -2.29. The molecule has 0 saturated carbocycles. The van der Waals surface area contributed by atoms with Crippen LogP contribution < -0.4 is 14.4 Å². The highest BCUT2D eigenvalue weighted by Gasteiger charge is 2.46. The standard InChI is InChI=1S/C33H29NO5/c1-3-38-27-17-15-26(16-18-27)34-30(24-12-8-5-9-13-24)29(32(36)33(34)37)31(35)25-14-19-28(22(2)20-25)39-21-23-10-6-4-7-11-23/h4-20,30,35H,3,21H2,1-2H3/b31-29-. The Labute approximate surface area is 227 Å². The van der Waals surface area contributed by atoms with Gasteiger partial charge in [0.05, 0.1) is 18.2 Å². The van der Waals surface area contributed by atoms with E-state index in [1.807, 2.05) is 74.5 Å². The van der Waals surface area contributed by atoms with E-state index in [0.29, 0.717) is 41.5 Å². The molecule has 1 saturated heterocycles. The zero-order valence-corrected chi connectivity index (χ0v) is 21.8. The minimum atomic E-state index is -0.793. The average Bonchev–Trinajstić information content (AvgIpc) is 3.23. The molecule has 1 fully saturated rings. The van der Waals surface area contributed by atoms with Gasteiger partial charge >= 0.3 is 0 Å². The van der Waals surface area contributed by atoms with Gasteiger partial charge in [0.2, 0.25) is 0 Å². The fourth-order valence-corrected chi connectivity index (χ4v) is 4.77. The summed E-state index contributed by atoms with van der Waals surface area (Å²) in [4.78, 5) is 28.2. The summed E-state index contributed by atoms with van der Waals surface area (Å²) in [6.45, 7) is 4.70. The lowest BCUT2D eigenvalue weighted by atomic mass is 9.94. The Hall–Kier alpha value is -4.84. The van der Waals surface area contributed by atoms with E-state index in [1.165, 1.54) is 4.90 Å². The van der Waals surface area contributed by atoms with E-state index in [1.54, 1.807) is 42.5 Å². The second kappa shape index (κ2) is 11.3. The number of carbonyl (C=O) groups is 2. The number of hydrogen-bond acceptors (Lipinski definition) is 5. The first kappa shape index (κ1) is 25.8. The predicted molar refractivity (Wildman–Crippen MR) is 151 cm³/mol. The number of rotatable bonds is 8. The van der Waals surface area contributed by atoms with Crippen LogP contribution in [-0.2, 0) is 16.2 Å². The number of benzene rings is 4. The summed E-state index contributed by atoms with van der Waals surface area (Å²) < 4.78 is 11.5. The Morgan fingerprint density at radius 1 is 0.846 bits per heavy atom. The van der Waals surface area contributed by atoms with Crippen LogP contribution in [0.4, 0.5) is 5.69 Å². The summed E-state index contributed by atoms with van der Waals surface area (Å²) in [5.74, 6) is -0.330. The van der Waals surface area contributed by atoms with Crippen molar-refractivity contribution < 1.29 is 24.2 Å². The SMILES string of the molecule is CCOc1ccc(N2C(=O)C(=O)/C(=C(\O)c3ccc(OCc4ccccc4)c(C)c3)C2c2ccccc2)cc1. The largest absolute Gasteiger partial charge is 0.507 e. The summed E-state index contributed by atoms with van der Waals surface area (Å²) in [6.07, 6.45) is 0. The Morgan fingerprint density at radius 2 is 1.51 bits per heavy atom. The fraction of sp³-hybridized carbons (Fsp3) is 0.152. The second-order valence-corrected chi connectivity index (χ2v) is 9.26. The van der Waals surface area contributed by atoms with Crippen LogP contribution in [0, 0.1) is 6.92 Å². The van der Waals surface area contributed by atoms with Crippen molar-refractivity contribution in [3.63, 3.8) is 0 Å². The Balaban J connectivity index is 1.52. The molecule has 1 aliphatic rings. The predicted octanol–water partition coefficient (Wildman–Crippen LogP) is 6.60. The van der Waals surface area contributed by atoms with Crippen molar-refractivity contribution in [2.24, 2.45) is 0 Å². The molecule has 1 unspecified atom stereocenters. The molecule has 6 heteroatoms. The maximum Gasteiger partial charge on any atom is 0.300 e. The van der Waals surface area contributed by atoms with Crippen LogP contribution in [0.3, 0.4) is 0 Å². The lowest BCUT2D eigenvalue weighted by molar-refractivity contribution is -0.132. The molecule has 0 aromatic heterocycles. The van der Waals surface area contributed by atoms with Gasteiger partial charge < -0.3 is 14.6 Å². The number of aliphatic hydroxyl groups is 1. The van der Waals surface area contributed by atoms with Gasteiger partial charge in [0.25, 0.3) is 11.7 Å². The highest BCUT2D eigenvalue weighted by atomic mass is 16.5. The van der Waals surface area contributed by atoms with Crippen LogP contribution >= 0.6 is 0 Å². The summed E-state index contributed by atoms with van der Waals surface area (Å²) in [7, 11) is 0. The summed E-state index contributed by atoms with van der Waals surface area (Å²) in [6, 6.07) is 30.5. The van der Waals surface area contributed by atoms with E-state index in [0.717, 1.165) is 11.1 Å². The number of ketones is 1. The van der Waals surface area contributed by atoms with Gasteiger partial charge in [-0.25, -0.2) is 0 Å². The molecule has 1 N–H and O–H groups in total. The third-order valence-electron chi connectivity index (χ3n) is 6.67. The molecule has 4 aromatic carbocycles. The van der Waals surface area contributed by atoms with Crippen molar-refractivity contribution in [1.29, 1.82) is 0 Å². The fourth-order valence-electron chi connectivity index (χ4n) is 4.77. The van der Waals surface area contributed by atoms with Gasteiger partial charge in [0.15, 0.2) is 0 Å². The van der Waals surface area contributed by atoms with Gasteiger partial charge in [-0.2, -0.15) is 0 Å². The van der Waals surface area contributed by atoms with Gasteiger partial charge in [-0.1, -0.05) is 60.7 Å². The van der Waals surface area contributed by atoms with Crippen LogP contribution in [0.2, 0.25) is 0 Å². The highest BCUT2D eigenvalue weighted by molar-refractivity contribution is 6.51. The number of aryl methyl sites for hydroxylation is 1. The second-order valence-electron chi connectivity index (χ2n) is 9.26. The molecule has 39 heavy (non-hydrogen) atoms. The van der Waals surface area contributed by atoms with Gasteiger partial charge in [0, 0.05) is 11.3 Å². The van der Waals surface area contributed by atoms with Crippen LogP contribution in [-0.4, -0.2) is 23.4 Å². The van der Waals surface area contributed by atoms with Crippen molar-refractivity contribution in [2.75, 3.05) is 11.5 Å². The maximum atomic E-state index is 13.4. The van der Waals surface area contributed by atoms with E-state index in [2.05, 4.69) is 0 Å². The molecule has 1 amide bonds. The molecular formula is C33H29NO5. The number of amides is 1. The van der Waals surface area contributed by atoms with Crippen molar-refractivity contribution in [1.82, 2.24) is 0 Å². The molecule has 4 aromatic rings. The van der Waals surface area contributed by atoms with Crippen molar-refractivity contribution >= 4 is 23.1 Å². The zero-order valence-electron chi connectivity index (χ0n) is 21.8. The molecule has 196 valence electrons. The van der Waals surface area contributed by atoms with Crippen LogP contribution in [0.5, 0.6) is 11.5 Å². The molecule has 0 aliphatic carbocycles. The van der Waals surface area contributed by atoms with Crippen LogP contribution in [0.1, 0.15) is 35.2 Å². The molecule has 5 rings (SSSR count).